The second kappa shape index (κ2) is 11.5. The summed E-state index contributed by atoms with van der Waals surface area (Å²) in [6.45, 7) is 0. The highest BCUT2D eigenvalue weighted by atomic mass is 14.9. The number of allylic oxidation sites excluding steroid dienone is 12. The molecule has 0 saturated carbocycles. The Bertz CT molecular complexity index is 2040. The topological polar surface area (TPSA) is 101 Å². The molecule has 0 fully saturated rings. The van der Waals surface area contributed by atoms with Crippen LogP contribution in [-0.4, -0.2) is 42.8 Å². The Morgan fingerprint density at radius 3 is 0.667 bits per heavy atom. The Morgan fingerprint density at radius 2 is 0.458 bits per heavy atom. The first kappa shape index (κ1) is 27.5. The molecule has 0 radical (unpaired) electrons. The van der Waals surface area contributed by atoms with Gasteiger partial charge in [0.1, 0.15) is 0 Å². The van der Waals surface area contributed by atoms with Crippen LogP contribution in [0, 0.1) is 0 Å². The number of hydrogen-bond acceptors (Lipinski definition) is 8. The molecule has 8 nitrogen and oxygen atoms in total. The number of aliphatic imine (C=N–C) groups is 4. The van der Waals surface area contributed by atoms with Crippen molar-refractivity contribution in [1.82, 2.24) is 19.9 Å². The monoisotopic (exact) mass is 616 g/mol. The summed E-state index contributed by atoms with van der Waals surface area (Å²) in [5, 5.41) is 0. The molecule has 9 heterocycles. The molecule has 0 aliphatic carbocycles. The van der Waals surface area contributed by atoms with Crippen molar-refractivity contribution in [1.29, 1.82) is 0 Å². The number of fused-ring (bicyclic) bond motifs is 4. The first-order chi connectivity index (χ1) is 23.8. The molecule has 5 aliphatic rings. The number of nitrogens with zero attached hydrogens (tertiary/aromatic N) is 8. The summed E-state index contributed by atoms with van der Waals surface area (Å²) in [7, 11) is 0. The van der Waals surface area contributed by atoms with E-state index < -0.39 is 0 Å². The molecule has 0 saturated heterocycles. The highest BCUT2D eigenvalue weighted by Gasteiger charge is 2.27. The lowest BCUT2D eigenvalue weighted by molar-refractivity contribution is 1.31. The van der Waals surface area contributed by atoms with Gasteiger partial charge in [0, 0.05) is 71.9 Å². The van der Waals surface area contributed by atoms with Gasteiger partial charge in [-0.3, -0.25) is 19.9 Å². The second-order valence-corrected chi connectivity index (χ2v) is 11.3. The SMILES string of the molecule is C1=CC2=C(c3ccncc3)C3=NC(=C(c4ccncc4)C4=NC(=C(c5ccncc5)C5=NC(=C(c6ccncc6)C1=N2)C=C5)C=C4)C=C3. The van der Waals surface area contributed by atoms with Gasteiger partial charge in [-0.2, -0.15) is 0 Å². The van der Waals surface area contributed by atoms with Gasteiger partial charge in [-0.05, 0) is 119 Å². The quantitative estimate of drug-likeness (QED) is 0.241. The Hall–Kier alpha value is -6.80. The third-order valence-electron chi connectivity index (χ3n) is 8.49. The zero-order valence-electron chi connectivity index (χ0n) is 25.4. The van der Waals surface area contributed by atoms with E-state index in [9.17, 15) is 0 Å². The lowest BCUT2D eigenvalue weighted by atomic mass is 9.99. The largest absolute Gasteiger partial charge is 0.265 e. The Labute approximate surface area is 276 Å². The minimum Gasteiger partial charge on any atom is -0.265 e. The van der Waals surface area contributed by atoms with Crippen LogP contribution in [-0.2, 0) is 0 Å². The maximum atomic E-state index is 5.25. The van der Waals surface area contributed by atoms with Gasteiger partial charge in [-0.15, -0.1) is 0 Å². The third kappa shape index (κ3) is 4.80. The summed E-state index contributed by atoms with van der Waals surface area (Å²) in [5.74, 6) is 0. The summed E-state index contributed by atoms with van der Waals surface area (Å²) >= 11 is 0. The average Bonchev–Trinajstić information content (AvgIpc) is 3.98. The van der Waals surface area contributed by atoms with Gasteiger partial charge in [0.15, 0.2) is 0 Å². The summed E-state index contributed by atoms with van der Waals surface area (Å²) in [5.41, 5.74) is 13.9. The highest BCUT2D eigenvalue weighted by molar-refractivity contribution is 6.39. The van der Waals surface area contributed by atoms with E-state index in [4.69, 9.17) is 20.0 Å². The Morgan fingerprint density at radius 1 is 0.250 bits per heavy atom. The molecule has 4 aromatic rings. The van der Waals surface area contributed by atoms with E-state index in [2.05, 4.69) is 68.5 Å². The molecule has 0 N–H and O–H groups in total. The lowest BCUT2D eigenvalue weighted by Gasteiger charge is -2.12. The molecular weight excluding hydrogens is 592 g/mol. The van der Waals surface area contributed by atoms with Crippen LogP contribution in [0.1, 0.15) is 22.3 Å². The molecule has 0 atom stereocenters. The summed E-state index contributed by atoms with van der Waals surface area (Å²) in [4.78, 5) is 38.1. The van der Waals surface area contributed by atoms with Crippen LogP contribution in [0.3, 0.4) is 0 Å². The lowest BCUT2D eigenvalue weighted by Crippen LogP contribution is -2.04. The number of pyridine rings is 4. The maximum Gasteiger partial charge on any atom is 0.0738 e. The Balaban J connectivity index is 1.37. The van der Waals surface area contributed by atoms with Crippen molar-refractivity contribution >= 4 is 45.1 Å². The van der Waals surface area contributed by atoms with Crippen molar-refractivity contribution in [2.75, 3.05) is 0 Å². The van der Waals surface area contributed by atoms with Crippen LogP contribution in [0.2, 0.25) is 0 Å². The molecule has 0 amide bonds. The standard InChI is InChI=1S/C40H24N8/c1-2-30-38(26-11-19-42-20-12-26)32-5-6-34(47-32)40(28-15-23-44-24-16-28)36-8-7-35(48-36)39(27-13-21-43-22-14-27)33-4-3-31(46-33)37(29(1)45-30)25-9-17-41-18-10-25/h1-24H. The van der Waals surface area contributed by atoms with Gasteiger partial charge < -0.3 is 0 Å². The van der Waals surface area contributed by atoms with Crippen molar-refractivity contribution in [3.8, 4) is 0 Å². The van der Waals surface area contributed by atoms with Gasteiger partial charge in [0.25, 0.3) is 0 Å². The molecule has 9 rings (SSSR count). The van der Waals surface area contributed by atoms with E-state index in [1.54, 1.807) is 49.6 Å². The third-order valence-corrected chi connectivity index (χ3v) is 8.49. The fraction of sp³-hybridized carbons (Fsp3) is 0. The first-order valence-corrected chi connectivity index (χ1v) is 15.5. The van der Waals surface area contributed by atoms with E-state index >= 15 is 0 Å². The summed E-state index contributed by atoms with van der Waals surface area (Å²) in [6.07, 6.45) is 30.7. The highest BCUT2D eigenvalue weighted by Crippen LogP contribution is 2.38. The molecular formula is C40H24N8. The minimum absolute atomic E-state index is 0.800. The van der Waals surface area contributed by atoms with E-state index in [1.165, 1.54) is 0 Å². The molecule has 8 bridgehead atoms. The Kier molecular flexibility index (Phi) is 6.61. The number of hydrogen-bond donors (Lipinski definition) is 0. The predicted molar refractivity (Wildman–Crippen MR) is 191 cm³/mol. The molecule has 8 heteroatoms. The van der Waals surface area contributed by atoms with E-state index in [0.717, 1.165) is 90.2 Å². The first-order valence-electron chi connectivity index (χ1n) is 15.5. The number of aromatic nitrogens is 4. The van der Waals surface area contributed by atoms with Gasteiger partial charge in [0.05, 0.1) is 45.6 Å². The molecule has 0 unspecified atom stereocenters. The van der Waals surface area contributed by atoms with Crippen molar-refractivity contribution in [3.63, 3.8) is 0 Å². The van der Waals surface area contributed by atoms with Crippen LogP contribution in [0.4, 0.5) is 0 Å². The summed E-state index contributed by atoms with van der Waals surface area (Å²) in [6, 6.07) is 15.9. The number of rotatable bonds is 4. The molecule has 48 heavy (non-hydrogen) atoms. The van der Waals surface area contributed by atoms with Crippen LogP contribution in [0.15, 0.2) is 189 Å². The van der Waals surface area contributed by atoms with Crippen LogP contribution in [0.25, 0.3) is 22.3 Å². The van der Waals surface area contributed by atoms with Crippen LogP contribution < -0.4 is 0 Å². The average molecular weight is 617 g/mol. The fourth-order valence-electron chi connectivity index (χ4n) is 6.34. The van der Waals surface area contributed by atoms with E-state index in [1.807, 2.05) is 48.5 Å². The van der Waals surface area contributed by atoms with Gasteiger partial charge >= 0.3 is 0 Å². The molecule has 0 aromatic carbocycles. The second-order valence-electron chi connectivity index (χ2n) is 11.3. The smallest absolute Gasteiger partial charge is 0.0738 e. The molecule has 224 valence electrons. The maximum absolute atomic E-state index is 5.25. The zero-order chi connectivity index (χ0) is 31.9. The molecule has 5 aliphatic heterocycles. The van der Waals surface area contributed by atoms with Crippen molar-refractivity contribution in [2.24, 2.45) is 20.0 Å². The van der Waals surface area contributed by atoms with E-state index in [0.29, 0.717) is 0 Å². The molecule has 0 spiro atoms. The van der Waals surface area contributed by atoms with E-state index in [-0.39, 0.29) is 0 Å². The summed E-state index contributed by atoms with van der Waals surface area (Å²) < 4.78 is 0. The fourth-order valence-corrected chi connectivity index (χ4v) is 6.34. The van der Waals surface area contributed by atoms with Crippen molar-refractivity contribution < 1.29 is 0 Å². The van der Waals surface area contributed by atoms with Crippen molar-refractivity contribution in [2.45, 2.75) is 0 Å². The van der Waals surface area contributed by atoms with Gasteiger partial charge in [-0.1, -0.05) is 0 Å². The van der Waals surface area contributed by atoms with Gasteiger partial charge in [-0.25, -0.2) is 20.0 Å². The van der Waals surface area contributed by atoms with Gasteiger partial charge in [0.2, 0.25) is 0 Å². The van der Waals surface area contributed by atoms with Crippen LogP contribution >= 0.6 is 0 Å². The van der Waals surface area contributed by atoms with Crippen molar-refractivity contribution in [3.05, 3.63) is 192 Å². The molecule has 4 aromatic heterocycles. The predicted octanol–water partition coefficient (Wildman–Crippen LogP) is 7.27. The minimum atomic E-state index is 0.800. The van der Waals surface area contributed by atoms with Crippen LogP contribution in [0.5, 0.6) is 0 Å². The zero-order valence-corrected chi connectivity index (χ0v) is 25.4. The normalized spacial score (nSPS) is 17.8.